The Balaban J connectivity index is 0.000000183. The van der Waals surface area contributed by atoms with Crippen LogP contribution in [0.15, 0.2) is 103 Å². The molecule has 0 saturated carbocycles. The molecule has 0 bridgehead atoms. The number of primary amides is 1. The highest BCUT2D eigenvalue weighted by Crippen LogP contribution is 2.50. The summed E-state index contributed by atoms with van der Waals surface area (Å²) in [6.07, 6.45) is 12.0. The monoisotopic (exact) mass is 542 g/mol. The summed E-state index contributed by atoms with van der Waals surface area (Å²) in [7, 11) is 0. The fourth-order valence-corrected chi connectivity index (χ4v) is 6.36. The molecule has 2 amide bonds. The van der Waals surface area contributed by atoms with Crippen molar-refractivity contribution in [1.82, 2.24) is 4.98 Å². The standard InChI is InChI=1S/C16H16N2O3.C14H14N2OS/c17-10-12-5-4-6-13(9-12)16(21)18(11-15(19)20)14-7-2-1-3-8-14;15-14(17)13-12(9-5-7-16-8-6-9)10-3-1-2-4-11(10)18-13/h1-9H,10-11,17H2,(H,19,20);1-8,10-13H,(H2,15,17). The number of hydrogen-bond acceptors (Lipinski definition) is 6. The quantitative estimate of drug-likeness (QED) is 0.413. The number of para-hydroxylation sites is 1. The molecular weight excluding hydrogens is 512 g/mol. The van der Waals surface area contributed by atoms with E-state index in [-0.39, 0.29) is 23.0 Å². The third-order valence-corrected chi connectivity index (χ3v) is 8.16. The first-order valence-corrected chi connectivity index (χ1v) is 13.4. The van der Waals surface area contributed by atoms with E-state index >= 15 is 0 Å². The molecular formula is C30H30N4O4S. The lowest BCUT2D eigenvalue weighted by Crippen LogP contribution is -2.35. The number of nitrogens with zero attached hydrogens (tertiary/aromatic N) is 2. The Morgan fingerprint density at radius 2 is 1.67 bits per heavy atom. The van der Waals surface area contributed by atoms with Gasteiger partial charge in [0.2, 0.25) is 5.91 Å². The summed E-state index contributed by atoms with van der Waals surface area (Å²) in [5.74, 6) is -1.15. The van der Waals surface area contributed by atoms with Crippen molar-refractivity contribution in [2.75, 3.05) is 11.4 Å². The fraction of sp³-hybridized carbons (Fsp3) is 0.200. The van der Waals surface area contributed by atoms with Gasteiger partial charge in [-0.3, -0.25) is 24.3 Å². The molecule has 2 aromatic carbocycles. The SMILES string of the molecule is NC(=O)C1SC2C=CC=CC2C1c1ccncc1.NCc1cccc(C(=O)N(CC(=O)O)c2ccccc2)c1. The number of carboxylic acids is 1. The van der Waals surface area contributed by atoms with Crippen LogP contribution in [-0.4, -0.2) is 44.9 Å². The smallest absolute Gasteiger partial charge is 0.323 e. The molecule has 0 spiro atoms. The van der Waals surface area contributed by atoms with Crippen LogP contribution in [0.2, 0.25) is 0 Å². The highest BCUT2D eigenvalue weighted by atomic mass is 32.2. The van der Waals surface area contributed by atoms with Crippen LogP contribution in [-0.2, 0) is 16.1 Å². The molecule has 5 N–H and O–H groups in total. The molecule has 1 aliphatic heterocycles. The lowest BCUT2D eigenvalue weighted by atomic mass is 9.80. The minimum absolute atomic E-state index is 0.154. The number of fused-ring (bicyclic) bond motifs is 1. The van der Waals surface area contributed by atoms with Gasteiger partial charge in [-0.15, -0.1) is 11.8 Å². The van der Waals surface area contributed by atoms with Gasteiger partial charge in [0.25, 0.3) is 5.91 Å². The molecule has 9 heteroatoms. The average molecular weight is 543 g/mol. The maximum absolute atomic E-state index is 12.6. The molecule has 4 unspecified atom stereocenters. The number of aliphatic carboxylic acids is 1. The normalized spacial score (nSPS) is 20.8. The summed E-state index contributed by atoms with van der Waals surface area (Å²) in [6, 6.07) is 19.6. The molecule has 1 aromatic heterocycles. The van der Waals surface area contributed by atoms with Gasteiger partial charge in [0.1, 0.15) is 6.54 Å². The number of anilines is 1. The van der Waals surface area contributed by atoms with Crippen molar-refractivity contribution in [1.29, 1.82) is 0 Å². The highest BCUT2D eigenvalue weighted by molar-refractivity contribution is 8.01. The Morgan fingerprint density at radius 1 is 0.949 bits per heavy atom. The van der Waals surface area contributed by atoms with E-state index in [1.54, 1.807) is 66.6 Å². The van der Waals surface area contributed by atoms with E-state index in [0.717, 1.165) is 11.1 Å². The third-order valence-electron chi connectivity index (χ3n) is 6.56. The number of thioether (sulfide) groups is 1. The van der Waals surface area contributed by atoms with Crippen LogP contribution in [0.25, 0.3) is 0 Å². The predicted octanol–water partition coefficient (Wildman–Crippen LogP) is 3.75. The van der Waals surface area contributed by atoms with Crippen molar-refractivity contribution < 1.29 is 19.5 Å². The lowest BCUT2D eigenvalue weighted by molar-refractivity contribution is -0.135. The zero-order chi connectivity index (χ0) is 27.8. The number of aromatic nitrogens is 1. The Hall–Kier alpha value is -4.21. The molecule has 3 aromatic rings. The van der Waals surface area contributed by atoms with Crippen molar-refractivity contribution >= 4 is 35.2 Å². The second-order valence-electron chi connectivity index (χ2n) is 9.10. The van der Waals surface area contributed by atoms with Crippen LogP contribution in [0.5, 0.6) is 0 Å². The van der Waals surface area contributed by atoms with Gasteiger partial charge in [0.05, 0.1) is 5.25 Å². The largest absolute Gasteiger partial charge is 0.480 e. The number of carboxylic acid groups (broad SMARTS) is 1. The summed E-state index contributed by atoms with van der Waals surface area (Å²) < 4.78 is 0. The van der Waals surface area contributed by atoms with E-state index in [1.807, 2.05) is 30.3 Å². The number of carbonyl (C=O) groups excluding carboxylic acids is 2. The zero-order valence-electron chi connectivity index (χ0n) is 21.2. The van der Waals surface area contributed by atoms with Crippen LogP contribution < -0.4 is 16.4 Å². The van der Waals surface area contributed by atoms with Crippen LogP contribution in [0.3, 0.4) is 0 Å². The zero-order valence-corrected chi connectivity index (χ0v) is 22.0. The van der Waals surface area contributed by atoms with Crippen LogP contribution >= 0.6 is 11.8 Å². The number of amides is 2. The minimum Gasteiger partial charge on any atom is -0.480 e. The van der Waals surface area contributed by atoms with Gasteiger partial charge in [-0.25, -0.2) is 0 Å². The summed E-state index contributed by atoms with van der Waals surface area (Å²) in [5, 5.41) is 9.22. The van der Waals surface area contributed by atoms with Gasteiger partial charge in [-0.2, -0.15) is 0 Å². The van der Waals surface area contributed by atoms with Crippen molar-refractivity contribution in [3.63, 3.8) is 0 Å². The topological polar surface area (TPSA) is 140 Å². The summed E-state index contributed by atoms with van der Waals surface area (Å²) in [4.78, 5) is 40.5. The van der Waals surface area contributed by atoms with Crippen molar-refractivity contribution in [3.8, 4) is 0 Å². The van der Waals surface area contributed by atoms with E-state index in [2.05, 4.69) is 23.2 Å². The Labute approximate surface area is 231 Å². The van der Waals surface area contributed by atoms with Gasteiger partial charge >= 0.3 is 5.97 Å². The van der Waals surface area contributed by atoms with E-state index in [4.69, 9.17) is 16.6 Å². The molecule has 1 aliphatic carbocycles. The average Bonchev–Trinajstić information content (AvgIpc) is 3.37. The molecule has 5 rings (SSSR count). The van der Waals surface area contributed by atoms with Gasteiger partial charge in [-0.05, 0) is 47.5 Å². The molecule has 4 atom stereocenters. The van der Waals surface area contributed by atoms with E-state index < -0.39 is 12.5 Å². The first-order valence-electron chi connectivity index (χ1n) is 12.5. The second kappa shape index (κ2) is 13.0. The fourth-order valence-electron chi connectivity index (χ4n) is 4.76. The molecule has 1 saturated heterocycles. The number of allylic oxidation sites excluding steroid dienone is 3. The maximum Gasteiger partial charge on any atom is 0.323 e. The van der Waals surface area contributed by atoms with Gasteiger partial charge in [0.15, 0.2) is 0 Å². The van der Waals surface area contributed by atoms with Crippen molar-refractivity contribution in [2.45, 2.75) is 23.0 Å². The molecule has 39 heavy (non-hydrogen) atoms. The third kappa shape index (κ3) is 6.81. The minimum atomic E-state index is -1.07. The number of benzene rings is 2. The Bertz CT molecular complexity index is 1360. The number of rotatable bonds is 7. The summed E-state index contributed by atoms with van der Waals surface area (Å²) >= 11 is 1.67. The number of hydrogen-bond donors (Lipinski definition) is 3. The van der Waals surface area contributed by atoms with E-state index in [9.17, 15) is 14.4 Å². The van der Waals surface area contributed by atoms with Crippen molar-refractivity contribution in [3.05, 3.63) is 120 Å². The Kier molecular flexibility index (Phi) is 9.30. The second-order valence-corrected chi connectivity index (χ2v) is 10.4. The predicted molar refractivity (Wildman–Crippen MR) is 153 cm³/mol. The first kappa shape index (κ1) is 27.8. The van der Waals surface area contributed by atoms with Crippen LogP contribution in [0.4, 0.5) is 5.69 Å². The molecule has 0 radical (unpaired) electrons. The molecule has 1 fully saturated rings. The highest BCUT2D eigenvalue weighted by Gasteiger charge is 2.45. The van der Waals surface area contributed by atoms with E-state index in [1.165, 1.54) is 4.90 Å². The van der Waals surface area contributed by atoms with Gasteiger partial charge in [-0.1, -0.05) is 54.6 Å². The molecule has 200 valence electrons. The van der Waals surface area contributed by atoms with Crippen molar-refractivity contribution in [2.24, 2.45) is 17.4 Å². The van der Waals surface area contributed by atoms with Gasteiger partial charge in [0, 0.05) is 47.3 Å². The van der Waals surface area contributed by atoms with Gasteiger partial charge < -0.3 is 16.6 Å². The number of pyridine rings is 1. The van der Waals surface area contributed by atoms with Crippen LogP contribution in [0, 0.1) is 5.92 Å². The molecule has 2 heterocycles. The Morgan fingerprint density at radius 3 is 2.33 bits per heavy atom. The lowest BCUT2D eigenvalue weighted by Gasteiger charge is -2.22. The first-order chi connectivity index (χ1) is 18.9. The maximum atomic E-state index is 12.6. The molecule has 8 nitrogen and oxygen atoms in total. The van der Waals surface area contributed by atoms with E-state index in [0.29, 0.717) is 29.0 Å². The summed E-state index contributed by atoms with van der Waals surface area (Å²) in [5.41, 5.74) is 14.1. The number of nitrogens with two attached hydrogens (primary N) is 2. The summed E-state index contributed by atoms with van der Waals surface area (Å²) in [6.45, 7) is -0.0684. The molecule has 2 aliphatic rings. The number of carbonyl (C=O) groups is 3. The van der Waals surface area contributed by atoms with Crippen LogP contribution in [0.1, 0.15) is 27.4 Å².